The summed E-state index contributed by atoms with van der Waals surface area (Å²) in [6.45, 7) is 0. The van der Waals surface area contributed by atoms with Crippen molar-refractivity contribution in [2.75, 3.05) is 0 Å². The third-order valence-electron chi connectivity index (χ3n) is 2.95. The highest BCUT2D eigenvalue weighted by Crippen LogP contribution is 2.07. The lowest BCUT2D eigenvalue weighted by Gasteiger charge is -2.14. The molecule has 0 aliphatic rings. The first-order valence-electron chi connectivity index (χ1n) is 6.11. The average molecular weight is 245 g/mol. The summed E-state index contributed by atoms with van der Waals surface area (Å²) >= 11 is 0. The lowest BCUT2D eigenvalue weighted by atomic mass is 10.0. The summed E-state index contributed by atoms with van der Waals surface area (Å²) < 4.78 is 1.81. The number of aromatic nitrogens is 3. The van der Waals surface area contributed by atoms with Crippen molar-refractivity contribution in [3.8, 4) is 0 Å². The Bertz CT molecular complexity index is 465. The van der Waals surface area contributed by atoms with E-state index in [0.717, 1.165) is 25.0 Å². The molecule has 5 nitrogen and oxygen atoms in total. The molecule has 1 atom stereocenters. The van der Waals surface area contributed by atoms with Crippen LogP contribution in [0.15, 0.2) is 36.8 Å². The first-order valence-corrected chi connectivity index (χ1v) is 6.11. The van der Waals surface area contributed by atoms with Gasteiger partial charge in [-0.1, -0.05) is 6.07 Å². The molecule has 2 heterocycles. The zero-order chi connectivity index (χ0) is 12.8. The second kappa shape index (κ2) is 6.28. The van der Waals surface area contributed by atoms with Gasteiger partial charge in [0.15, 0.2) is 0 Å². The van der Waals surface area contributed by atoms with Crippen LogP contribution in [0.5, 0.6) is 0 Å². The molecular weight excluding hydrogens is 226 g/mol. The fourth-order valence-corrected chi connectivity index (χ4v) is 1.97. The summed E-state index contributed by atoms with van der Waals surface area (Å²) in [7, 11) is 1.92. The van der Waals surface area contributed by atoms with Gasteiger partial charge in [-0.25, -0.2) is 0 Å². The van der Waals surface area contributed by atoms with E-state index in [0.29, 0.717) is 0 Å². The highest BCUT2D eigenvalue weighted by Gasteiger charge is 2.09. The quantitative estimate of drug-likeness (QED) is 0.584. The van der Waals surface area contributed by atoms with E-state index in [1.807, 2.05) is 48.5 Å². The molecule has 0 saturated carbocycles. The number of rotatable bonds is 6. The molecule has 0 fully saturated rings. The number of nitrogens with zero attached hydrogens (tertiary/aromatic N) is 3. The van der Waals surface area contributed by atoms with Gasteiger partial charge in [0, 0.05) is 31.2 Å². The maximum absolute atomic E-state index is 5.59. The van der Waals surface area contributed by atoms with E-state index in [1.165, 1.54) is 5.56 Å². The lowest BCUT2D eigenvalue weighted by molar-refractivity contribution is 0.489. The molecule has 2 aromatic rings. The summed E-state index contributed by atoms with van der Waals surface area (Å²) in [6, 6.07) is 6.22. The predicted molar refractivity (Wildman–Crippen MR) is 70.6 cm³/mol. The smallest absolute Gasteiger partial charge is 0.0522 e. The van der Waals surface area contributed by atoms with Crippen molar-refractivity contribution < 1.29 is 0 Å². The van der Waals surface area contributed by atoms with Crippen LogP contribution in [0.1, 0.15) is 17.7 Å². The summed E-state index contributed by atoms with van der Waals surface area (Å²) in [5.41, 5.74) is 5.16. The zero-order valence-corrected chi connectivity index (χ0v) is 10.6. The first-order chi connectivity index (χ1) is 8.78. The second-order valence-electron chi connectivity index (χ2n) is 4.45. The van der Waals surface area contributed by atoms with Gasteiger partial charge in [-0.05, 0) is 37.0 Å². The van der Waals surface area contributed by atoms with Crippen molar-refractivity contribution in [3.05, 3.63) is 48.0 Å². The van der Waals surface area contributed by atoms with Crippen LogP contribution in [0.3, 0.4) is 0 Å². The zero-order valence-electron chi connectivity index (χ0n) is 10.6. The van der Waals surface area contributed by atoms with Gasteiger partial charge in [-0.3, -0.25) is 20.9 Å². The van der Waals surface area contributed by atoms with Crippen molar-refractivity contribution in [2.24, 2.45) is 12.9 Å². The van der Waals surface area contributed by atoms with Crippen LogP contribution in [-0.4, -0.2) is 20.8 Å². The number of hydrogen-bond donors (Lipinski definition) is 2. The Kier molecular flexibility index (Phi) is 4.44. The summed E-state index contributed by atoms with van der Waals surface area (Å²) in [5.74, 6) is 5.59. The number of nitrogens with one attached hydrogen (secondary N) is 1. The maximum Gasteiger partial charge on any atom is 0.0522 e. The molecule has 5 heteroatoms. The molecule has 1 unspecified atom stereocenters. The minimum absolute atomic E-state index is 0.246. The Labute approximate surface area is 107 Å². The Hall–Kier alpha value is -1.72. The van der Waals surface area contributed by atoms with Gasteiger partial charge in [0.25, 0.3) is 0 Å². The van der Waals surface area contributed by atoms with E-state index >= 15 is 0 Å². The lowest BCUT2D eigenvalue weighted by Crippen LogP contribution is -2.37. The van der Waals surface area contributed by atoms with Crippen LogP contribution >= 0.6 is 0 Å². The van der Waals surface area contributed by atoms with Crippen LogP contribution in [0.2, 0.25) is 0 Å². The van der Waals surface area contributed by atoms with Crippen molar-refractivity contribution in [1.29, 1.82) is 0 Å². The second-order valence-corrected chi connectivity index (χ2v) is 4.45. The van der Waals surface area contributed by atoms with Crippen molar-refractivity contribution >= 4 is 0 Å². The molecular formula is C13H19N5. The topological polar surface area (TPSA) is 68.8 Å². The largest absolute Gasteiger partial charge is 0.276 e. The SMILES string of the molecule is Cn1cc(CC(CCc2ccccn2)NN)cn1. The number of nitrogens with two attached hydrogens (primary N) is 1. The summed E-state index contributed by atoms with van der Waals surface area (Å²) in [5, 5.41) is 4.16. The first kappa shape index (κ1) is 12.7. The van der Waals surface area contributed by atoms with E-state index in [-0.39, 0.29) is 6.04 Å². The Balaban J connectivity index is 1.86. The van der Waals surface area contributed by atoms with E-state index in [9.17, 15) is 0 Å². The number of hydrazine groups is 1. The Morgan fingerprint density at radius 3 is 2.94 bits per heavy atom. The Morgan fingerprint density at radius 2 is 2.33 bits per heavy atom. The third kappa shape index (κ3) is 3.65. The summed E-state index contributed by atoms with van der Waals surface area (Å²) in [4.78, 5) is 4.31. The van der Waals surface area contributed by atoms with Crippen LogP contribution in [-0.2, 0) is 19.9 Å². The molecule has 0 aliphatic heterocycles. The van der Waals surface area contributed by atoms with Crippen LogP contribution in [0, 0.1) is 0 Å². The van der Waals surface area contributed by atoms with Crippen molar-refractivity contribution in [1.82, 2.24) is 20.2 Å². The average Bonchev–Trinajstić information content (AvgIpc) is 2.81. The fraction of sp³-hybridized carbons (Fsp3) is 0.385. The van der Waals surface area contributed by atoms with E-state index in [4.69, 9.17) is 5.84 Å². The Morgan fingerprint density at radius 1 is 1.44 bits per heavy atom. The molecule has 0 bridgehead atoms. The van der Waals surface area contributed by atoms with Crippen molar-refractivity contribution in [2.45, 2.75) is 25.3 Å². The van der Waals surface area contributed by atoms with Crippen LogP contribution < -0.4 is 11.3 Å². The summed E-state index contributed by atoms with van der Waals surface area (Å²) in [6.07, 6.45) is 8.49. The molecule has 0 saturated heterocycles. The number of aryl methyl sites for hydroxylation is 2. The van der Waals surface area contributed by atoms with E-state index < -0.39 is 0 Å². The molecule has 18 heavy (non-hydrogen) atoms. The van der Waals surface area contributed by atoms with Gasteiger partial charge >= 0.3 is 0 Å². The van der Waals surface area contributed by atoms with Crippen LogP contribution in [0.25, 0.3) is 0 Å². The number of hydrogen-bond acceptors (Lipinski definition) is 4. The van der Waals surface area contributed by atoms with Gasteiger partial charge in [0.05, 0.1) is 6.20 Å². The van der Waals surface area contributed by atoms with Gasteiger partial charge in [-0.2, -0.15) is 5.10 Å². The van der Waals surface area contributed by atoms with E-state index in [1.54, 1.807) is 0 Å². The molecule has 0 radical (unpaired) electrons. The minimum atomic E-state index is 0.246. The predicted octanol–water partition coefficient (Wildman–Crippen LogP) is 0.822. The molecule has 0 aliphatic carbocycles. The molecule has 0 aromatic carbocycles. The molecule has 3 N–H and O–H groups in total. The molecule has 0 amide bonds. The number of pyridine rings is 1. The fourth-order valence-electron chi connectivity index (χ4n) is 1.97. The van der Waals surface area contributed by atoms with Gasteiger partial charge in [0.1, 0.15) is 0 Å². The molecule has 2 aromatic heterocycles. The minimum Gasteiger partial charge on any atom is -0.276 e. The van der Waals surface area contributed by atoms with Crippen LogP contribution in [0.4, 0.5) is 0 Å². The highest BCUT2D eigenvalue weighted by atomic mass is 15.2. The maximum atomic E-state index is 5.59. The highest BCUT2D eigenvalue weighted by molar-refractivity contribution is 5.07. The monoisotopic (exact) mass is 245 g/mol. The van der Waals surface area contributed by atoms with E-state index in [2.05, 4.69) is 15.5 Å². The normalized spacial score (nSPS) is 12.6. The van der Waals surface area contributed by atoms with Crippen molar-refractivity contribution in [3.63, 3.8) is 0 Å². The van der Waals surface area contributed by atoms with Gasteiger partial charge in [-0.15, -0.1) is 0 Å². The third-order valence-corrected chi connectivity index (χ3v) is 2.95. The molecule has 2 rings (SSSR count). The molecule has 96 valence electrons. The standard InChI is InChI=1S/C13H19N5/c1-18-10-11(9-16-18)8-13(17-14)6-5-12-4-2-3-7-15-12/h2-4,7,9-10,13,17H,5-6,8,14H2,1H3. The van der Waals surface area contributed by atoms with Gasteiger partial charge < -0.3 is 0 Å². The molecule has 0 spiro atoms. The van der Waals surface area contributed by atoms with Gasteiger partial charge in [0.2, 0.25) is 0 Å².